The minimum Gasteiger partial charge on any atom is -0.463 e. The SMILES string of the molecule is [2H]C([2H])(CO[C@H]1CC[C@@]2(C)C(=CC[C@H]3[C@@H]4CC[C@H]([C@H](C)CCCC(C)C)[C@@]4(C)CC[C@@H]32)C1)OCCOCCO[C@@H]1O[C@H](COC(C)=O)[C@@H](OC(C)=O)[C@H](OC(C)=O)[C@H]1NC(=O)OCC=C. The van der Waals surface area contributed by atoms with Gasteiger partial charge in [-0.2, -0.15) is 0 Å². The quantitative estimate of drug-likeness (QED) is 0.0457. The Morgan fingerprint density at radius 2 is 1.60 bits per heavy atom. The van der Waals surface area contributed by atoms with Crippen molar-refractivity contribution < 1.29 is 64.6 Å². The fraction of sp³-hybridized carbons (Fsp3) is 0.837. The maximum Gasteiger partial charge on any atom is 0.407 e. The molecule has 0 spiro atoms. The third-order valence-corrected chi connectivity index (χ3v) is 14.9. The van der Waals surface area contributed by atoms with Crippen LogP contribution in [0, 0.1) is 46.3 Å². The van der Waals surface area contributed by atoms with Crippen molar-refractivity contribution in [2.75, 3.05) is 52.8 Å². The first kappa shape index (κ1) is 47.9. The molecule has 4 aliphatic carbocycles. The van der Waals surface area contributed by atoms with Crippen LogP contribution in [0.2, 0.25) is 0 Å². The van der Waals surface area contributed by atoms with Crippen LogP contribution in [0.5, 0.6) is 0 Å². The first-order chi connectivity index (χ1) is 30.8. The average molecular weight is 892 g/mol. The molecular weight excluding hydrogens is 811 g/mol. The van der Waals surface area contributed by atoms with Crippen molar-refractivity contribution in [2.24, 2.45) is 46.3 Å². The second kappa shape index (κ2) is 23.9. The van der Waals surface area contributed by atoms with Crippen LogP contribution in [-0.4, -0.2) is 114 Å². The number of fused-ring (bicyclic) bond motifs is 5. The van der Waals surface area contributed by atoms with Gasteiger partial charge in [0, 0.05) is 20.8 Å². The molecule has 14 heteroatoms. The first-order valence-electron chi connectivity index (χ1n) is 24.6. The van der Waals surface area contributed by atoms with Crippen molar-refractivity contribution in [2.45, 2.75) is 163 Å². The third-order valence-electron chi connectivity index (χ3n) is 14.9. The molecule has 0 aromatic carbocycles. The zero-order valence-corrected chi connectivity index (χ0v) is 39.3. The van der Waals surface area contributed by atoms with Gasteiger partial charge < -0.3 is 47.9 Å². The molecular formula is C49H79NO13. The van der Waals surface area contributed by atoms with Crippen LogP contribution in [0.15, 0.2) is 24.3 Å². The molecule has 0 bridgehead atoms. The van der Waals surface area contributed by atoms with Crippen LogP contribution in [0.3, 0.4) is 0 Å². The van der Waals surface area contributed by atoms with Gasteiger partial charge in [-0.1, -0.05) is 78.2 Å². The topological polar surface area (TPSA) is 163 Å². The predicted octanol–water partition coefficient (Wildman–Crippen LogP) is 7.90. The van der Waals surface area contributed by atoms with E-state index in [0.717, 1.165) is 69.1 Å². The molecule has 1 heterocycles. The number of carbonyl (C=O) groups is 4. The molecule has 5 rings (SSSR count). The Morgan fingerprint density at radius 3 is 2.32 bits per heavy atom. The van der Waals surface area contributed by atoms with Crippen LogP contribution in [-0.2, 0) is 57.0 Å². The Labute approximate surface area is 379 Å². The minimum absolute atomic E-state index is 0.00646. The Morgan fingerprint density at radius 1 is 0.873 bits per heavy atom. The Kier molecular flexibility index (Phi) is 18.2. The summed E-state index contributed by atoms with van der Waals surface area (Å²) in [6.45, 7) is 16.5. The van der Waals surface area contributed by atoms with Gasteiger partial charge in [0.05, 0.1) is 48.4 Å². The number of esters is 3. The number of carbonyl (C=O) groups excluding carboxylic acids is 4. The zero-order valence-electron chi connectivity index (χ0n) is 41.3. The fourth-order valence-corrected chi connectivity index (χ4v) is 12.0. The lowest BCUT2D eigenvalue weighted by Crippen LogP contribution is -2.66. The summed E-state index contributed by atoms with van der Waals surface area (Å²) in [6, 6.07) is -1.24. The highest BCUT2D eigenvalue weighted by Crippen LogP contribution is 2.67. The molecule has 358 valence electrons. The van der Waals surface area contributed by atoms with E-state index < -0.39 is 61.2 Å². The van der Waals surface area contributed by atoms with Gasteiger partial charge in [-0.25, -0.2) is 4.79 Å². The van der Waals surface area contributed by atoms with E-state index in [1.165, 1.54) is 63.5 Å². The number of hydrogen-bond acceptors (Lipinski definition) is 13. The third kappa shape index (κ3) is 13.5. The van der Waals surface area contributed by atoms with Gasteiger partial charge in [0.15, 0.2) is 18.5 Å². The highest BCUT2D eigenvalue weighted by Gasteiger charge is 2.59. The molecule has 63 heavy (non-hydrogen) atoms. The van der Waals surface area contributed by atoms with Crippen molar-refractivity contribution in [3.05, 3.63) is 24.3 Å². The molecule has 5 aliphatic rings. The fourth-order valence-electron chi connectivity index (χ4n) is 12.0. The second-order valence-corrected chi connectivity index (χ2v) is 19.5. The maximum atomic E-state index is 12.7. The lowest BCUT2D eigenvalue weighted by molar-refractivity contribution is -0.278. The van der Waals surface area contributed by atoms with E-state index in [2.05, 4.69) is 52.6 Å². The second-order valence-electron chi connectivity index (χ2n) is 19.5. The van der Waals surface area contributed by atoms with Crippen LogP contribution >= 0.6 is 0 Å². The number of ether oxygens (including phenoxy) is 9. The molecule has 0 radical (unpaired) electrons. The van der Waals surface area contributed by atoms with Crippen molar-refractivity contribution in [3.63, 3.8) is 0 Å². The average Bonchev–Trinajstić information content (AvgIpc) is 3.59. The Balaban J connectivity index is 1.07. The largest absolute Gasteiger partial charge is 0.463 e. The predicted molar refractivity (Wildman–Crippen MR) is 235 cm³/mol. The molecule has 13 atom stereocenters. The molecule has 4 fully saturated rings. The number of nitrogens with one attached hydrogen (secondary N) is 1. The highest BCUT2D eigenvalue weighted by atomic mass is 16.7. The summed E-state index contributed by atoms with van der Waals surface area (Å²) < 4.78 is 67.6. The Hall–Kier alpha value is -3.04. The van der Waals surface area contributed by atoms with Gasteiger partial charge in [0.2, 0.25) is 0 Å². The van der Waals surface area contributed by atoms with E-state index in [9.17, 15) is 19.2 Å². The summed E-state index contributed by atoms with van der Waals surface area (Å²) in [5.41, 5.74) is 2.14. The summed E-state index contributed by atoms with van der Waals surface area (Å²) >= 11 is 0. The number of alkyl carbamates (subject to hydrolysis) is 1. The monoisotopic (exact) mass is 892 g/mol. The molecule has 0 aromatic rings. The van der Waals surface area contributed by atoms with Crippen LogP contribution in [0.4, 0.5) is 4.79 Å². The van der Waals surface area contributed by atoms with Crippen molar-refractivity contribution >= 4 is 24.0 Å². The summed E-state index contributed by atoms with van der Waals surface area (Å²) in [5.74, 6) is 2.57. The van der Waals surface area contributed by atoms with Gasteiger partial charge >= 0.3 is 24.0 Å². The lowest BCUT2D eigenvalue weighted by atomic mass is 9.47. The molecule has 1 amide bonds. The molecule has 0 aromatic heterocycles. The summed E-state index contributed by atoms with van der Waals surface area (Å²) in [7, 11) is 0. The van der Waals surface area contributed by atoms with Gasteiger partial charge in [-0.15, -0.1) is 0 Å². The number of hydrogen-bond donors (Lipinski definition) is 1. The van der Waals surface area contributed by atoms with Gasteiger partial charge in [-0.3, -0.25) is 14.4 Å². The van der Waals surface area contributed by atoms with Gasteiger partial charge in [0.25, 0.3) is 0 Å². The molecule has 1 N–H and O–H groups in total. The number of rotatable bonds is 23. The molecule has 0 unspecified atom stereocenters. The van der Waals surface area contributed by atoms with E-state index in [4.69, 9.17) is 45.4 Å². The standard InChI is InChI=1S/C49H79NO13/c1-10-22-59-47(54)50-43-45(62-35(7)53)44(61-34(6)52)42(30-60-33(5)51)63-46(43)58-28-26-56-24-23-55-25-27-57-37-18-20-48(8)36(29-37)14-15-38-40-17-16-39(32(4)13-11-12-31(2)3)49(40,9)21-19-41(38)48/h10,14,31-32,37-46H,1,11-13,15-30H2,2-9H3,(H,50,54)/t32-,37+,38+,39-,40+,41+,42-,43-,44-,45-,46-,48+,49-/m1/s1/i25D2. The van der Waals surface area contributed by atoms with Crippen LogP contribution in [0.25, 0.3) is 0 Å². The zero-order chi connectivity index (χ0) is 47.5. The van der Waals surface area contributed by atoms with Crippen molar-refractivity contribution in [1.29, 1.82) is 0 Å². The minimum atomic E-state index is -2.03. The molecule has 3 saturated carbocycles. The van der Waals surface area contributed by atoms with Gasteiger partial charge in [0.1, 0.15) is 25.4 Å². The summed E-state index contributed by atoms with van der Waals surface area (Å²) in [6.07, 6.45) is 11.3. The van der Waals surface area contributed by atoms with E-state index in [1.807, 2.05) is 0 Å². The molecule has 1 aliphatic heterocycles. The molecule has 14 nitrogen and oxygen atoms in total. The first-order valence-corrected chi connectivity index (χ1v) is 23.6. The normalized spacial score (nSPS) is 34.8. The van der Waals surface area contributed by atoms with Crippen molar-refractivity contribution in [3.8, 4) is 0 Å². The van der Waals surface area contributed by atoms with E-state index in [0.29, 0.717) is 11.3 Å². The van der Waals surface area contributed by atoms with E-state index in [1.54, 1.807) is 0 Å². The maximum absolute atomic E-state index is 12.7. The Bertz CT molecular complexity index is 1640. The lowest BCUT2D eigenvalue weighted by Gasteiger charge is -2.58. The van der Waals surface area contributed by atoms with Crippen molar-refractivity contribution in [1.82, 2.24) is 5.32 Å². The summed E-state index contributed by atoms with van der Waals surface area (Å²) in [4.78, 5) is 48.6. The molecule has 1 saturated heterocycles. The summed E-state index contributed by atoms with van der Waals surface area (Å²) in [5, 5.41) is 2.55. The highest BCUT2D eigenvalue weighted by molar-refractivity contribution is 5.69. The number of amides is 1. The van der Waals surface area contributed by atoms with Crippen LogP contribution < -0.4 is 5.32 Å². The van der Waals surface area contributed by atoms with Crippen LogP contribution in [0.1, 0.15) is 129 Å². The van der Waals surface area contributed by atoms with E-state index in [-0.39, 0.29) is 57.8 Å². The van der Waals surface area contributed by atoms with Gasteiger partial charge in [-0.05, 0) is 97.7 Å². The number of allylic oxidation sites excluding steroid dienone is 1. The van der Waals surface area contributed by atoms with E-state index >= 15 is 0 Å². The smallest absolute Gasteiger partial charge is 0.407 e.